The van der Waals surface area contributed by atoms with Crippen molar-refractivity contribution in [2.75, 3.05) is 0 Å². The molecule has 1 aromatic heterocycles. The van der Waals surface area contributed by atoms with Gasteiger partial charge in [-0.2, -0.15) is 0 Å². The second-order valence-electron chi connectivity index (χ2n) is 4.05. The van der Waals surface area contributed by atoms with E-state index in [9.17, 15) is 4.79 Å². The molecule has 1 rings (SSSR count). The number of nitrogens with one attached hydrogen (secondary N) is 1. The first-order chi connectivity index (χ1) is 7.56. The van der Waals surface area contributed by atoms with Gasteiger partial charge in [0, 0.05) is 6.20 Å². The Kier molecular flexibility index (Phi) is 4.37. The van der Waals surface area contributed by atoms with Crippen molar-refractivity contribution < 1.29 is 4.79 Å². The van der Waals surface area contributed by atoms with Gasteiger partial charge in [-0.3, -0.25) is 4.79 Å². The molecule has 16 heavy (non-hydrogen) atoms. The Morgan fingerprint density at radius 3 is 2.94 bits per heavy atom. The van der Waals surface area contributed by atoms with Gasteiger partial charge in [-0.1, -0.05) is 13.3 Å². The van der Waals surface area contributed by atoms with Crippen LogP contribution in [0.2, 0.25) is 0 Å². The van der Waals surface area contributed by atoms with Gasteiger partial charge < -0.3 is 11.1 Å². The summed E-state index contributed by atoms with van der Waals surface area (Å²) in [5.41, 5.74) is 5.86. The lowest BCUT2D eigenvalue weighted by atomic mass is 9.96. The number of amides is 1. The van der Waals surface area contributed by atoms with Crippen LogP contribution in [0.4, 0.5) is 0 Å². The van der Waals surface area contributed by atoms with Crippen LogP contribution < -0.4 is 11.1 Å². The topological polar surface area (TPSA) is 80.9 Å². The third-order valence-corrected chi connectivity index (χ3v) is 2.36. The molecule has 0 aliphatic rings. The van der Waals surface area contributed by atoms with Crippen LogP contribution in [0, 0.1) is 0 Å². The Morgan fingerprint density at radius 2 is 2.38 bits per heavy atom. The Bertz CT molecular complexity index is 337. The van der Waals surface area contributed by atoms with Crippen LogP contribution in [0.25, 0.3) is 0 Å². The summed E-state index contributed by atoms with van der Waals surface area (Å²) in [5.74, 6) is -0.145. The number of carbonyl (C=O) groups is 1. The molecule has 0 saturated heterocycles. The van der Waals surface area contributed by atoms with E-state index >= 15 is 0 Å². The number of hydrogen-bond donors (Lipinski definition) is 2. The van der Waals surface area contributed by atoms with E-state index in [1.54, 1.807) is 19.2 Å². The van der Waals surface area contributed by atoms with Crippen molar-refractivity contribution in [2.24, 2.45) is 5.73 Å². The molecule has 88 valence electrons. The molecular formula is C11H18N4O. The number of nitrogens with two attached hydrogens (primary N) is 1. The van der Waals surface area contributed by atoms with Crippen LogP contribution in [0.5, 0.6) is 0 Å². The number of hydrogen-bond acceptors (Lipinski definition) is 4. The Morgan fingerprint density at radius 1 is 1.62 bits per heavy atom. The fraction of sp³-hybridized carbons (Fsp3) is 0.545. The zero-order valence-corrected chi connectivity index (χ0v) is 9.73. The third-order valence-electron chi connectivity index (χ3n) is 2.36. The highest BCUT2D eigenvalue weighted by molar-refractivity contribution is 5.85. The largest absolute Gasteiger partial charge is 0.349 e. The first-order valence-corrected chi connectivity index (χ1v) is 5.38. The van der Waals surface area contributed by atoms with Crippen molar-refractivity contribution in [3.8, 4) is 0 Å². The van der Waals surface area contributed by atoms with Crippen LogP contribution >= 0.6 is 0 Å². The van der Waals surface area contributed by atoms with Gasteiger partial charge in [0.05, 0.1) is 17.8 Å². The van der Waals surface area contributed by atoms with Crippen molar-refractivity contribution in [3.63, 3.8) is 0 Å². The molecule has 5 nitrogen and oxygen atoms in total. The molecule has 1 atom stereocenters. The zero-order valence-electron chi connectivity index (χ0n) is 9.73. The average Bonchev–Trinajstić information content (AvgIpc) is 2.27. The second-order valence-corrected chi connectivity index (χ2v) is 4.05. The van der Waals surface area contributed by atoms with E-state index in [1.165, 1.54) is 6.33 Å². The summed E-state index contributed by atoms with van der Waals surface area (Å²) in [6, 6.07) is 1.76. The van der Waals surface area contributed by atoms with Gasteiger partial charge >= 0.3 is 0 Å². The van der Waals surface area contributed by atoms with Crippen LogP contribution in [0.15, 0.2) is 18.6 Å². The third kappa shape index (κ3) is 3.58. The number of nitrogens with zero attached hydrogens (tertiary/aromatic N) is 2. The number of carbonyl (C=O) groups excluding carboxylic acids is 1. The molecule has 0 fully saturated rings. The highest BCUT2D eigenvalue weighted by Gasteiger charge is 2.26. The molecule has 0 saturated carbocycles. The molecule has 0 spiro atoms. The lowest BCUT2D eigenvalue weighted by molar-refractivity contribution is -0.126. The molecule has 0 aromatic carbocycles. The molecule has 1 amide bonds. The van der Waals surface area contributed by atoms with Gasteiger partial charge in [0.25, 0.3) is 0 Å². The van der Waals surface area contributed by atoms with E-state index in [1.807, 2.05) is 6.92 Å². The Hall–Kier alpha value is -1.49. The van der Waals surface area contributed by atoms with E-state index in [0.29, 0.717) is 13.0 Å². The minimum absolute atomic E-state index is 0.145. The van der Waals surface area contributed by atoms with Crippen molar-refractivity contribution in [1.29, 1.82) is 0 Å². The summed E-state index contributed by atoms with van der Waals surface area (Å²) in [7, 11) is 0. The maximum absolute atomic E-state index is 11.7. The fourth-order valence-electron chi connectivity index (χ4n) is 1.43. The van der Waals surface area contributed by atoms with Gasteiger partial charge in [-0.25, -0.2) is 9.97 Å². The second kappa shape index (κ2) is 5.55. The first kappa shape index (κ1) is 12.6. The number of rotatable bonds is 5. The minimum atomic E-state index is -0.804. The minimum Gasteiger partial charge on any atom is -0.349 e. The molecule has 1 unspecified atom stereocenters. The quantitative estimate of drug-likeness (QED) is 0.765. The smallest absolute Gasteiger partial charge is 0.240 e. The molecule has 1 heterocycles. The molecule has 0 aliphatic heterocycles. The van der Waals surface area contributed by atoms with Crippen LogP contribution in [-0.4, -0.2) is 21.4 Å². The summed E-state index contributed by atoms with van der Waals surface area (Å²) in [6.07, 6.45) is 4.65. The van der Waals surface area contributed by atoms with E-state index < -0.39 is 5.54 Å². The van der Waals surface area contributed by atoms with Crippen LogP contribution in [-0.2, 0) is 11.3 Å². The maximum atomic E-state index is 11.7. The van der Waals surface area contributed by atoms with Crippen molar-refractivity contribution in [3.05, 3.63) is 24.3 Å². The molecule has 1 aromatic rings. The van der Waals surface area contributed by atoms with E-state index in [2.05, 4.69) is 15.3 Å². The molecule has 0 aliphatic carbocycles. The fourth-order valence-corrected chi connectivity index (χ4v) is 1.43. The van der Waals surface area contributed by atoms with Crippen molar-refractivity contribution in [1.82, 2.24) is 15.3 Å². The monoisotopic (exact) mass is 222 g/mol. The van der Waals surface area contributed by atoms with E-state index in [0.717, 1.165) is 12.1 Å². The van der Waals surface area contributed by atoms with Gasteiger partial charge in [0.1, 0.15) is 6.33 Å². The summed E-state index contributed by atoms with van der Waals surface area (Å²) < 4.78 is 0. The average molecular weight is 222 g/mol. The summed E-state index contributed by atoms with van der Waals surface area (Å²) in [4.78, 5) is 19.6. The molecule has 3 N–H and O–H groups in total. The van der Waals surface area contributed by atoms with Crippen molar-refractivity contribution in [2.45, 2.75) is 38.8 Å². The zero-order chi connectivity index (χ0) is 12.0. The van der Waals surface area contributed by atoms with Crippen LogP contribution in [0.3, 0.4) is 0 Å². The summed E-state index contributed by atoms with van der Waals surface area (Å²) >= 11 is 0. The predicted octanol–water partition coefficient (Wildman–Crippen LogP) is 0.610. The normalized spacial score (nSPS) is 14.2. The van der Waals surface area contributed by atoms with Gasteiger partial charge in [0.15, 0.2) is 0 Å². The van der Waals surface area contributed by atoms with Crippen LogP contribution in [0.1, 0.15) is 32.4 Å². The highest BCUT2D eigenvalue weighted by atomic mass is 16.2. The lowest BCUT2D eigenvalue weighted by Crippen LogP contribution is -2.51. The number of aromatic nitrogens is 2. The lowest BCUT2D eigenvalue weighted by Gasteiger charge is -2.22. The van der Waals surface area contributed by atoms with E-state index in [4.69, 9.17) is 5.73 Å². The van der Waals surface area contributed by atoms with E-state index in [-0.39, 0.29) is 5.91 Å². The maximum Gasteiger partial charge on any atom is 0.240 e. The van der Waals surface area contributed by atoms with Gasteiger partial charge in [-0.15, -0.1) is 0 Å². The molecule has 5 heteroatoms. The first-order valence-electron chi connectivity index (χ1n) is 5.38. The van der Waals surface area contributed by atoms with Gasteiger partial charge in [0.2, 0.25) is 5.91 Å². The summed E-state index contributed by atoms with van der Waals surface area (Å²) in [6.45, 7) is 4.13. The molecule has 0 bridgehead atoms. The van der Waals surface area contributed by atoms with Gasteiger partial charge in [-0.05, 0) is 19.4 Å². The highest BCUT2D eigenvalue weighted by Crippen LogP contribution is 2.08. The molecular weight excluding hydrogens is 204 g/mol. The SMILES string of the molecule is CCCC(C)(N)C(=O)NCc1ccncn1. The van der Waals surface area contributed by atoms with Crippen molar-refractivity contribution >= 4 is 5.91 Å². The predicted molar refractivity (Wildman–Crippen MR) is 61.4 cm³/mol. The summed E-state index contributed by atoms with van der Waals surface area (Å²) in [5, 5.41) is 2.77. The Labute approximate surface area is 95.5 Å². The standard InChI is InChI=1S/C11H18N4O/c1-3-5-11(2,12)10(16)14-7-9-4-6-13-8-15-9/h4,6,8H,3,5,7,12H2,1-2H3,(H,14,16). The molecule has 0 radical (unpaired) electrons. The Balaban J connectivity index is 2.47.